The lowest BCUT2D eigenvalue weighted by molar-refractivity contribution is -0.890. The molecule has 0 radical (unpaired) electrons. The van der Waals surface area contributed by atoms with Gasteiger partial charge in [-0.25, -0.2) is 0 Å². The van der Waals surface area contributed by atoms with Crippen LogP contribution in [0, 0.1) is 69.2 Å². The third-order valence-corrected chi connectivity index (χ3v) is 27.2. The van der Waals surface area contributed by atoms with Gasteiger partial charge in [0, 0.05) is 155 Å². The fraction of sp³-hybridized carbons (Fsp3) is 0.381. The van der Waals surface area contributed by atoms with E-state index in [1.165, 1.54) is 147 Å². The van der Waals surface area contributed by atoms with Crippen LogP contribution in [0.3, 0.4) is 0 Å². The summed E-state index contributed by atoms with van der Waals surface area (Å²) >= 11 is 7.55. The van der Waals surface area contributed by atoms with Crippen LogP contribution in [0.15, 0.2) is 251 Å². The molecule has 10 aromatic carbocycles. The fourth-order valence-electron chi connectivity index (χ4n) is 15.3. The van der Waals surface area contributed by atoms with E-state index in [4.69, 9.17) is 0 Å². The van der Waals surface area contributed by atoms with Crippen molar-refractivity contribution in [3.05, 3.63) is 279 Å². The number of hydrogen-bond acceptors (Lipinski definition) is 13. The molecule has 1 N–H and O–H groups in total. The van der Waals surface area contributed by atoms with Gasteiger partial charge in [0.05, 0.1) is 63.0 Å². The molecule has 14 heteroatoms. The standard InChI is InChI=1S/C21H28N2.C20H27N2S.2C19H24N2S.C18H22N2S/c1-16-9-10-19(17(2)15-16)18(3)20-7-5-6-8-21(20)23-13-11-22(4)12-14-23;1-16-9-10-19(17(2)15-16)23-20-8-6-5-7-18(20)21-11-13-22(3,4)14-12-21;2*1-15-8-9-18(16(2)14-15)22-19-7-5-4-6-17(19)21-12-10-20(3)11-13-21;1-14-7-8-17(15(2)13-14)21-18-6-4-3-5-16(18)20-11-9-19-10-12-20/h5-10,15,18H,11-14H2,1-4H3;5-10,15H,11-14H2,1-4H3;2*4-9,14H,10-13H2,1-3H3;3-8,13,19H,9-12H2,1-2H3/q;+1;;;. The summed E-state index contributed by atoms with van der Waals surface area (Å²) in [7, 11) is 11.3. The van der Waals surface area contributed by atoms with Crippen LogP contribution < -0.4 is 29.8 Å². The monoisotopic (exact) mass is 1560 g/mol. The molecule has 0 spiro atoms. The van der Waals surface area contributed by atoms with Gasteiger partial charge in [0.1, 0.15) is 0 Å². The van der Waals surface area contributed by atoms with Gasteiger partial charge in [-0.15, -0.1) is 0 Å². The van der Waals surface area contributed by atoms with Crippen molar-refractivity contribution < 1.29 is 4.48 Å². The maximum absolute atomic E-state index is 3.42. The van der Waals surface area contributed by atoms with Crippen molar-refractivity contribution in [3.8, 4) is 0 Å². The molecule has 5 aliphatic rings. The third-order valence-electron chi connectivity index (χ3n) is 22.2. The summed E-state index contributed by atoms with van der Waals surface area (Å²) in [6, 6.07) is 77.8. The summed E-state index contributed by atoms with van der Waals surface area (Å²) < 4.78 is 1.13. The maximum atomic E-state index is 3.42. The Balaban J connectivity index is 0.000000137. The first-order chi connectivity index (χ1) is 53.5. The molecule has 0 amide bonds. The highest BCUT2D eigenvalue weighted by Crippen LogP contribution is 2.43. The molecule has 10 aromatic rings. The number of hydrogen-bond donors (Lipinski definition) is 1. The summed E-state index contributed by atoms with van der Waals surface area (Å²) in [6.45, 7) is 46.7. The van der Waals surface area contributed by atoms with Crippen molar-refractivity contribution in [2.45, 2.75) is 121 Å². The van der Waals surface area contributed by atoms with Gasteiger partial charge in [0.2, 0.25) is 0 Å². The highest BCUT2D eigenvalue weighted by Gasteiger charge is 2.27. The molecule has 5 fully saturated rings. The van der Waals surface area contributed by atoms with Crippen molar-refractivity contribution in [3.63, 3.8) is 0 Å². The zero-order valence-electron chi connectivity index (χ0n) is 69.6. The second-order valence-electron chi connectivity index (χ2n) is 32.0. The minimum atomic E-state index is 0.423. The summed E-state index contributed by atoms with van der Waals surface area (Å²) in [4.78, 5) is 30.7. The first-order valence-electron chi connectivity index (χ1n) is 40.4. The van der Waals surface area contributed by atoms with E-state index in [9.17, 15) is 0 Å². The lowest BCUT2D eigenvalue weighted by atomic mass is 9.88. The van der Waals surface area contributed by atoms with E-state index in [1.54, 1.807) is 0 Å². The first-order valence-corrected chi connectivity index (χ1v) is 43.6. The average molecular weight is 1560 g/mol. The Morgan fingerprint density at radius 1 is 0.270 bits per heavy atom. The van der Waals surface area contributed by atoms with Crippen LogP contribution in [0.25, 0.3) is 0 Å². The Morgan fingerprint density at radius 2 is 0.532 bits per heavy atom. The molecule has 5 heterocycles. The van der Waals surface area contributed by atoms with Crippen LogP contribution in [0.5, 0.6) is 0 Å². The molecule has 1 unspecified atom stereocenters. The average Bonchev–Trinajstić information content (AvgIpc) is 0.736. The molecule has 5 saturated heterocycles. The smallest absolute Gasteiger partial charge is 0.0961 e. The molecule has 5 aliphatic heterocycles. The van der Waals surface area contributed by atoms with Crippen LogP contribution in [0.2, 0.25) is 0 Å². The van der Waals surface area contributed by atoms with Gasteiger partial charge in [-0.05, 0) is 208 Å². The number of benzene rings is 10. The number of quaternary nitrogens is 1. The second-order valence-corrected chi connectivity index (χ2v) is 36.3. The van der Waals surface area contributed by atoms with E-state index >= 15 is 0 Å². The molecular weight excluding hydrogens is 1430 g/mol. The molecule has 10 nitrogen and oxygen atoms in total. The highest BCUT2D eigenvalue weighted by molar-refractivity contribution is 8.00. The van der Waals surface area contributed by atoms with Gasteiger partial charge in [-0.3, -0.25) is 0 Å². The number of para-hydroxylation sites is 5. The van der Waals surface area contributed by atoms with Crippen LogP contribution in [0.4, 0.5) is 28.4 Å². The predicted octanol–water partition coefficient (Wildman–Crippen LogP) is 20.8. The van der Waals surface area contributed by atoms with E-state index in [0.29, 0.717) is 5.92 Å². The van der Waals surface area contributed by atoms with Crippen LogP contribution >= 0.6 is 47.0 Å². The number of anilines is 5. The number of aryl methyl sites for hydroxylation is 10. The molecule has 1 atom stereocenters. The van der Waals surface area contributed by atoms with E-state index in [-0.39, 0.29) is 0 Å². The Morgan fingerprint density at radius 3 is 0.847 bits per heavy atom. The van der Waals surface area contributed by atoms with E-state index in [1.807, 2.05) is 47.0 Å². The second kappa shape index (κ2) is 40.9. The molecule has 0 bridgehead atoms. The van der Waals surface area contributed by atoms with Crippen molar-refractivity contribution in [1.82, 2.24) is 20.0 Å². The number of nitrogens with zero attached hydrogens (tertiary/aromatic N) is 9. The van der Waals surface area contributed by atoms with Gasteiger partial charge in [0.25, 0.3) is 0 Å². The minimum Gasteiger partial charge on any atom is -0.369 e. The highest BCUT2D eigenvalue weighted by atomic mass is 32.2. The van der Waals surface area contributed by atoms with Gasteiger partial charge >= 0.3 is 0 Å². The van der Waals surface area contributed by atoms with Crippen molar-refractivity contribution >= 4 is 75.5 Å². The van der Waals surface area contributed by atoms with E-state index < -0.39 is 0 Å². The normalized spacial score (nSPS) is 16.4. The molecule has 15 rings (SSSR count). The largest absolute Gasteiger partial charge is 0.369 e. The van der Waals surface area contributed by atoms with Crippen molar-refractivity contribution in [2.75, 3.05) is 191 Å². The van der Waals surface area contributed by atoms with Crippen LogP contribution in [-0.2, 0) is 0 Å². The van der Waals surface area contributed by atoms with Gasteiger partial charge in [0.15, 0.2) is 0 Å². The summed E-state index contributed by atoms with van der Waals surface area (Å²) in [6.07, 6.45) is 0. The minimum absolute atomic E-state index is 0.423. The van der Waals surface area contributed by atoms with Crippen LogP contribution in [-0.4, -0.2) is 185 Å². The lowest BCUT2D eigenvalue weighted by Gasteiger charge is -2.40. The number of piperazine rings is 5. The summed E-state index contributed by atoms with van der Waals surface area (Å²) in [5.41, 5.74) is 23.3. The topological polar surface area (TPSA) is 38.0 Å². The first kappa shape index (κ1) is 84.3. The molecular formula is C97H125N10S4+. The van der Waals surface area contributed by atoms with Crippen LogP contribution in [0.1, 0.15) is 79.6 Å². The molecule has 0 aliphatic carbocycles. The zero-order valence-corrected chi connectivity index (χ0v) is 72.9. The molecule has 0 saturated carbocycles. The molecule has 0 aromatic heterocycles. The number of likely N-dealkylation sites (N-methyl/N-ethyl adjacent to an activating group) is 4. The quantitative estimate of drug-likeness (QED) is 0.0992. The molecule has 586 valence electrons. The Kier molecular flexibility index (Phi) is 31.1. The number of rotatable bonds is 15. The third kappa shape index (κ3) is 24.2. The van der Waals surface area contributed by atoms with Crippen molar-refractivity contribution in [2.24, 2.45) is 0 Å². The summed E-state index contributed by atoms with van der Waals surface area (Å²) in [5.74, 6) is 0.423. The van der Waals surface area contributed by atoms with E-state index in [2.05, 4.69) is 368 Å². The SMILES string of the molecule is Cc1ccc(C(C)c2ccccc2N2CCN(C)CC2)c(C)c1.Cc1ccc(Sc2ccccc2N2CCN(C)CC2)c(C)c1.Cc1ccc(Sc2ccccc2N2CCN(C)CC2)c(C)c1.Cc1ccc(Sc2ccccc2N2CCNCC2)c(C)c1.Cc1ccc(Sc2ccccc2N2CC[N+](C)(C)CC2)c(C)c1. The van der Waals surface area contributed by atoms with Gasteiger partial charge in [-0.2, -0.15) is 0 Å². The predicted molar refractivity (Wildman–Crippen MR) is 484 cm³/mol. The Labute approximate surface area is 686 Å². The maximum Gasteiger partial charge on any atom is 0.0961 e. The lowest BCUT2D eigenvalue weighted by Crippen LogP contribution is -2.55. The van der Waals surface area contributed by atoms with Gasteiger partial charge in [-0.1, -0.05) is 215 Å². The Bertz CT molecular complexity index is 4500. The van der Waals surface area contributed by atoms with Gasteiger partial charge < -0.3 is 49.0 Å². The zero-order chi connectivity index (χ0) is 78.6. The Hall–Kier alpha value is -7.60. The fourth-order valence-corrected chi connectivity index (χ4v) is 19.4. The van der Waals surface area contributed by atoms with E-state index in [0.717, 1.165) is 122 Å². The number of nitrogens with one attached hydrogen (secondary N) is 1. The molecule has 111 heavy (non-hydrogen) atoms. The van der Waals surface area contributed by atoms with Crippen molar-refractivity contribution in [1.29, 1.82) is 0 Å². The summed E-state index contributed by atoms with van der Waals surface area (Å²) in [5, 5.41) is 3.42.